The number of hydrogen-bond donors (Lipinski definition) is 3. The molecule has 1 aromatic rings. The van der Waals surface area contributed by atoms with Crippen LogP contribution in [-0.2, 0) is 15.8 Å². The Morgan fingerprint density at radius 3 is 2.19 bits per heavy atom. The maximum atomic E-state index is 12.4. The molecule has 1 aromatic carbocycles. The van der Waals surface area contributed by atoms with Gasteiger partial charge in [0.2, 0.25) is 5.91 Å². The Morgan fingerprint density at radius 2 is 1.81 bits per heavy atom. The molecule has 0 radical (unpaired) electrons. The van der Waals surface area contributed by atoms with E-state index in [1.807, 2.05) is 0 Å². The highest BCUT2D eigenvalue weighted by molar-refractivity contribution is 5.88. The number of nitrogens with two attached hydrogens (primary N) is 1. The highest BCUT2D eigenvalue weighted by atomic mass is 19.4. The Hall–Kier alpha value is -2.09. The van der Waals surface area contributed by atoms with Crippen LogP contribution < -0.4 is 11.1 Å². The predicted molar refractivity (Wildman–Crippen MR) is 67.8 cm³/mol. The molecule has 0 saturated carbocycles. The van der Waals surface area contributed by atoms with Gasteiger partial charge in [-0.15, -0.1) is 0 Å². The minimum atomic E-state index is -4.50. The number of alkyl halides is 3. The largest absolute Gasteiger partial charge is 0.416 e. The molecule has 0 saturated heterocycles. The van der Waals surface area contributed by atoms with Crippen LogP contribution in [0.4, 0.5) is 13.2 Å². The number of hydrogen-bond acceptors (Lipinski definition) is 3. The van der Waals surface area contributed by atoms with Gasteiger partial charge >= 0.3 is 6.18 Å². The molecule has 2 atom stereocenters. The lowest BCUT2D eigenvalue weighted by molar-refractivity contribution is -0.137. The van der Waals surface area contributed by atoms with E-state index in [1.165, 1.54) is 0 Å². The molecule has 5 nitrogen and oxygen atoms in total. The summed E-state index contributed by atoms with van der Waals surface area (Å²) in [7, 11) is 0. The van der Waals surface area contributed by atoms with Gasteiger partial charge in [-0.2, -0.15) is 13.2 Å². The standard InChI is InChI=1S/C13H15F3N2O3/c1-2-9(11(17)20)18-12(21)10(19)7-3-5-8(6-4-7)13(14,15)16/h3-6,9-10,19H,2H2,1H3,(H2,17,20)(H,18,21)/t9-,10+/m0/s1. The van der Waals surface area contributed by atoms with Gasteiger partial charge in [0.1, 0.15) is 6.04 Å². The van der Waals surface area contributed by atoms with Gasteiger partial charge in [0.25, 0.3) is 5.91 Å². The van der Waals surface area contributed by atoms with Crippen LogP contribution in [-0.4, -0.2) is 23.0 Å². The van der Waals surface area contributed by atoms with E-state index in [4.69, 9.17) is 5.73 Å². The van der Waals surface area contributed by atoms with E-state index in [0.717, 1.165) is 24.3 Å². The number of amides is 2. The van der Waals surface area contributed by atoms with Crippen molar-refractivity contribution in [3.8, 4) is 0 Å². The number of carbonyl (C=O) groups is 2. The number of carbonyl (C=O) groups excluding carboxylic acids is 2. The third-order valence-corrected chi connectivity index (χ3v) is 2.87. The molecule has 8 heteroatoms. The van der Waals surface area contributed by atoms with Gasteiger partial charge in [-0.05, 0) is 24.1 Å². The second kappa shape index (κ2) is 6.57. The molecule has 116 valence electrons. The summed E-state index contributed by atoms with van der Waals surface area (Å²) >= 11 is 0. The molecule has 0 heterocycles. The lowest BCUT2D eigenvalue weighted by Gasteiger charge is -2.17. The van der Waals surface area contributed by atoms with E-state index in [0.29, 0.717) is 0 Å². The van der Waals surface area contributed by atoms with Crippen LogP contribution >= 0.6 is 0 Å². The van der Waals surface area contributed by atoms with Crippen LogP contribution in [0.2, 0.25) is 0 Å². The van der Waals surface area contributed by atoms with Crippen LogP contribution in [0.25, 0.3) is 0 Å². The third-order valence-electron chi connectivity index (χ3n) is 2.87. The van der Waals surface area contributed by atoms with Gasteiger partial charge in [-0.25, -0.2) is 0 Å². The molecule has 0 aliphatic rings. The number of aliphatic hydroxyl groups is 1. The highest BCUT2D eigenvalue weighted by Gasteiger charge is 2.30. The highest BCUT2D eigenvalue weighted by Crippen LogP contribution is 2.29. The lowest BCUT2D eigenvalue weighted by Crippen LogP contribution is -2.45. The summed E-state index contributed by atoms with van der Waals surface area (Å²) < 4.78 is 37.2. The van der Waals surface area contributed by atoms with E-state index in [2.05, 4.69) is 5.32 Å². The molecule has 0 fully saturated rings. The molecular weight excluding hydrogens is 289 g/mol. The number of aliphatic hydroxyl groups excluding tert-OH is 1. The smallest absolute Gasteiger partial charge is 0.378 e. The molecule has 4 N–H and O–H groups in total. The topological polar surface area (TPSA) is 92.4 Å². The second-order valence-electron chi connectivity index (χ2n) is 4.39. The Bertz CT molecular complexity index is 514. The zero-order chi connectivity index (χ0) is 16.2. The number of halogens is 3. The summed E-state index contributed by atoms with van der Waals surface area (Å²) in [6.45, 7) is 1.61. The Morgan fingerprint density at radius 1 is 1.29 bits per heavy atom. The first kappa shape index (κ1) is 17.0. The summed E-state index contributed by atoms with van der Waals surface area (Å²) in [6.07, 6.45) is -5.94. The molecular formula is C13H15F3N2O3. The molecule has 0 aliphatic heterocycles. The van der Waals surface area contributed by atoms with Crippen LogP contribution in [0.5, 0.6) is 0 Å². The zero-order valence-electron chi connectivity index (χ0n) is 11.1. The van der Waals surface area contributed by atoms with Gasteiger partial charge in [-0.1, -0.05) is 19.1 Å². The summed E-state index contributed by atoms with van der Waals surface area (Å²) in [5, 5.41) is 12.0. The zero-order valence-corrected chi connectivity index (χ0v) is 11.1. The molecule has 2 amide bonds. The van der Waals surface area contributed by atoms with E-state index in [1.54, 1.807) is 6.92 Å². The first-order valence-electron chi connectivity index (χ1n) is 6.11. The molecule has 21 heavy (non-hydrogen) atoms. The number of rotatable bonds is 5. The van der Waals surface area contributed by atoms with E-state index >= 15 is 0 Å². The summed E-state index contributed by atoms with van der Waals surface area (Å²) in [5.74, 6) is -1.66. The average Bonchev–Trinajstić information content (AvgIpc) is 2.42. The summed E-state index contributed by atoms with van der Waals surface area (Å²) in [6, 6.07) is 2.58. The van der Waals surface area contributed by atoms with Gasteiger partial charge < -0.3 is 16.2 Å². The van der Waals surface area contributed by atoms with E-state index < -0.39 is 35.7 Å². The van der Waals surface area contributed by atoms with Crippen molar-refractivity contribution >= 4 is 11.8 Å². The summed E-state index contributed by atoms with van der Waals surface area (Å²) in [5.41, 5.74) is 4.14. The molecule has 0 aromatic heterocycles. The minimum absolute atomic E-state index is 0.0141. The molecule has 0 bridgehead atoms. The fourth-order valence-corrected chi connectivity index (χ4v) is 1.63. The number of primary amides is 1. The Balaban J connectivity index is 2.81. The van der Waals surface area contributed by atoms with Gasteiger partial charge in [-0.3, -0.25) is 9.59 Å². The first-order chi connectivity index (χ1) is 9.66. The number of benzene rings is 1. The molecule has 0 unspecified atom stereocenters. The SMILES string of the molecule is CC[C@H](NC(=O)[C@H](O)c1ccc(C(F)(F)F)cc1)C(N)=O. The summed E-state index contributed by atoms with van der Waals surface area (Å²) in [4.78, 5) is 22.7. The normalized spacial score (nSPS) is 14.3. The van der Waals surface area contributed by atoms with Crippen molar-refractivity contribution in [2.45, 2.75) is 31.7 Å². The van der Waals surface area contributed by atoms with Gasteiger partial charge in [0.05, 0.1) is 5.56 Å². The van der Waals surface area contributed by atoms with Gasteiger partial charge in [0, 0.05) is 0 Å². The maximum absolute atomic E-state index is 12.4. The van der Waals surface area contributed by atoms with Crippen molar-refractivity contribution in [2.75, 3.05) is 0 Å². The van der Waals surface area contributed by atoms with Crippen LogP contribution in [0.3, 0.4) is 0 Å². The molecule has 0 aliphatic carbocycles. The van der Waals surface area contributed by atoms with E-state index in [-0.39, 0.29) is 12.0 Å². The van der Waals surface area contributed by atoms with Crippen molar-refractivity contribution in [1.29, 1.82) is 0 Å². The third kappa shape index (κ3) is 4.45. The minimum Gasteiger partial charge on any atom is -0.378 e. The molecule has 0 spiro atoms. The fourth-order valence-electron chi connectivity index (χ4n) is 1.63. The monoisotopic (exact) mass is 304 g/mol. The van der Waals surface area contributed by atoms with Crippen molar-refractivity contribution in [3.05, 3.63) is 35.4 Å². The Labute approximate surface area is 118 Å². The van der Waals surface area contributed by atoms with Crippen molar-refractivity contribution < 1.29 is 27.9 Å². The maximum Gasteiger partial charge on any atom is 0.416 e. The Kier molecular flexibility index (Phi) is 5.31. The molecule has 1 rings (SSSR count). The first-order valence-corrected chi connectivity index (χ1v) is 6.11. The van der Waals surface area contributed by atoms with Crippen LogP contribution in [0.15, 0.2) is 24.3 Å². The van der Waals surface area contributed by atoms with Crippen molar-refractivity contribution in [2.24, 2.45) is 5.73 Å². The average molecular weight is 304 g/mol. The van der Waals surface area contributed by atoms with Crippen LogP contribution in [0, 0.1) is 0 Å². The van der Waals surface area contributed by atoms with Crippen molar-refractivity contribution in [3.63, 3.8) is 0 Å². The van der Waals surface area contributed by atoms with Crippen molar-refractivity contribution in [1.82, 2.24) is 5.32 Å². The quantitative estimate of drug-likeness (QED) is 0.761. The number of nitrogens with one attached hydrogen (secondary N) is 1. The lowest BCUT2D eigenvalue weighted by atomic mass is 10.1. The van der Waals surface area contributed by atoms with E-state index in [9.17, 15) is 27.9 Å². The fraction of sp³-hybridized carbons (Fsp3) is 0.385. The predicted octanol–water partition coefficient (Wildman–Crippen LogP) is 1.12. The van der Waals surface area contributed by atoms with Gasteiger partial charge in [0.15, 0.2) is 6.10 Å². The second-order valence-corrected chi connectivity index (χ2v) is 4.39. The van der Waals surface area contributed by atoms with Crippen LogP contribution in [0.1, 0.15) is 30.6 Å².